The first-order valence-corrected chi connectivity index (χ1v) is 7.66. The first-order valence-electron chi connectivity index (χ1n) is 6.22. The van der Waals surface area contributed by atoms with Gasteiger partial charge in [-0.3, -0.25) is 0 Å². The lowest BCUT2D eigenvalue weighted by molar-refractivity contribution is 0.244. The van der Waals surface area contributed by atoms with Crippen LogP contribution < -0.4 is 0 Å². The molecule has 6 heteroatoms. The van der Waals surface area contributed by atoms with Crippen LogP contribution in [0, 0.1) is 6.92 Å². The van der Waals surface area contributed by atoms with E-state index < -0.39 is 10.0 Å². The molecular weight excluding hydrogens is 254 g/mol. The van der Waals surface area contributed by atoms with E-state index in [0.717, 1.165) is 19.3 Å². The van der Waals surface area contributed by atoms with Crippen LogP contribution in [0.1, 0.15) is 37.7 Å². The topological polar surface area (TPSA) is 70.8 Å². The van der Waals surface area contributed by atoms with Gasteiger partial charge in [0.15, 0.2) is 0 Å². The van der Waals surface area contributed by atoms with E-state index in [9.17, 15) is 8.42 Å². The minimum atomic E-state index is -3.49. The standard InChI is InChI=1S/C12H19NO4S/c1-3-6-13(10-4-5-10)18(15,16)12-7-11(8-14)17-9(12)2/h7,10,14H,3-6,8H2,1-2H3. The number of hydrogen-bond donors (Lipinski definition) is 1. The molecule has 0 unspecified atom stereocenters. The van der Waals surface area contributed by atoms with Crippen molar-refractivity contribution in [2.45, 2.75) is 50.7 Å². The van der Waals surface area contributed by atoms with Crippen LogP contribution in [0.4, 0.5) is 0 Å². The van der Waals surface area contributed by atoms with Gasteiger partial charge in [0.05, 0.1) is 0 Å². The Hall–Kier alpha value is -0.850. The maximum atomic E-state index is 12.5. The van der Waals surface area contributed by atoms with Crippen LogP contribution in [0.2, 0.25) is 0 Å². The molecule has 0 bridgehead atoms. The van der Waals surface area contributed by atoms with Gasteiger partial charge in [0, 0.05) is 18.7 Å². The lowest BCUT2D eigenvalue weighted by atomic mass is 10.4. The van der Waals surface area contributed by atoms with Crippen molar-refractivity contribution in [3.8, 4) is 0 Å². The fourth-order valence-corrected chi connectivity index (χ4v) is 4.03. The summed E-state index contributed by atoms with van der Waals surface area (Å²) in [6.45, 7) is 3.83. The molecule has 0 atom stereocenters. The van der Waals surface area contributed by atoms with Gasteiger partial charge in [0.25, 0.3) is 0 Å². The van der Waals surface area contributed by atoms with Crippen LogP contribution in [-0.4, -0.2) is 30.4 Å². The van der Waals surface area contributed by atoms with Gasteiger partial charge in [-0.05, 0) is 26.2 Å². The highest BCUT2D eigenvalue weighted by Crippen LogP contribution is 2.33. The molecule has 0 saturated heterocycles. The van der Waals surface area contributed by atoms with Crippen molar-refractivity contribution in [2.75, 3.05) is 6.54 Å². The van der Waals surface area contributed by atoms with Crippen molar-refractivity contribution >= 4 is 10.0 Å². The van der Waals surface area contributed by atoms with E-state index in [2.05, 4.69) is 0 Å². The molecule has 0 amide bonds. The summed E-state index contributed by atoms with van der Waals surface area (Å²) in [5.74, 6) is 0.638. The van der Waals surface area contributed by atoms with Gasteiger partial charge in [-0.25, -0.2) is 8.42 Å². The van der Waals surface area contributed by atoms with E-state index in [0.29, 0.717) is 18.1 Å². The van der Waals surface area contributed by atoms with E-state index in [1.54, 1.807) is 11.2 Å². The van der Waals surface area contributed by atoms with Crippen LogP contribution in [0.15, 0.2) is 15.4 Å². The second-order valence-electron chi connectivity index (χ2n) is 4.64. The highest BCUT2D eigenvalue weighted by molar-refractivity contribution is 7.89. The summed E-state index contributed by atoms with van der Waals surface area (Å²) >= 11 is 0. The first-order chi connectivity index (χ1) is 8.50. The van der Waals surface area contributed by atoms with Gasteiger partial charge in [-0.1, -0.05) is 6.92 Å². The van der Waals surface area contributed by atoms with Crippen LogP contribution in [0.5, 0.6) is 0 Å². The average Bonchev–Trinajstić information content (AvgIpc) is 3.08. The van der Waals surface area contributed by atoms with Gasteiger partial charge in [-0.15, -0.1) is 0 Å². The molecule has 1 aromatic rings. The second kappa shape index (κ2) is 5.03. The number of aryl methyl sites for hydroxylation is 1. The first kappa shape index (κ1) is 13.6. The third kappa shape index (κ3) is 2.46. The summed E-state index contributed by atoms with van der Waals surface area (Å²) in [4.78, 5) is 0.187. The molecule has 1 N–H and O–H groups in total. The highest BCUT2D eigenvalue weighted by Gasteiger charge is 2.38. The molecule has 1 fully saturated rings. The Morgan fingerprint density at radius 3 is 2.61 bits per heavy atom. The molecule has 102 valence electrons. The summed E-state index contributed by atoms with van der Waals surface area (Å²) in [5, 5.41) is 9.00. The summed E-state index contributed by atoms with van der Waals surface area (Å²) in [6.07, 6.45) is 2.66. The largest absolute Gasteiger partial charge is 0.462 e. The smallest absolute Gasteiger partial charge is 0.246 e. The average molecular weight is 273 g/mol. The molecule has 5 nitrogen and oxygen atoms in total. The fraction of sp³-hybridized carbons (Fsp3) is 0.667. The lowest BCUT2D eigenvalue weighted by Crippen LogP contribution is -2.33. The maximum absolute atomic E-state index is 12.5. The van der Waals surface area contributed by atoms with E-state index in [1.165, 1.54) is 6.07 Å². The van der Waals surface area contributed by atoms with Gasteiger partial charge in [0.2, 0.25) is 10.0 Å². The molecule has 1 aliphatic carbocycles. The Balaban J connectivity index is 2.35. The monoisotopic (exact) mass is 273 g/mol. The predicted octanol–water partition coefficient (Wildman–Crippen LogP) is 1.64. The number of aliphatic hydroxyl groups excluding tert-OH is 1. The van der Waals surface area contributed by atoms with Gasteiger partial charge >= 0.3 is 0 Å². The second-order valence-corrected chi connectivity index (χ2v) is 6.50. The van der Waals surface area contributed by atoms with E-state index in [-0.39, 0.29) is 17.5 Å². The van der Waals surface area contributed by atoms with Crippen molar-refractivity contribution in [2.24, 2.45) is 0 Å². The number of aliphatic hydroxyl groups is 1. The predicted molar refractivity (Wildman–Crippen MR) is 66.6 cm³/mol. The SMILES string of the molecule is CCCN(C1CC1)S(=O)(=O)c1cc(CO)oc1C. The van der Waals surface area contributed by atoms with E-state index in [1.807, 2.05) is 6.92 Å². The molecule has 0 aromatic carbocycles. The minimum absolute atomic E-state index is 0.141. The van der Waals surface area contributed by atoms with Gasteiger partial charge in [-0.2, -0.15) is 4.31 Å². The molecule has 1 aliphatic rings. The fourth-order valence-electron chi connectivity index (χ4n) is 2.07. The molecule has 0 aliphatic heterocycles. The molecule has 0 spiro atoms. The minimum Gasteiger partial charge on any atom is -0.462 e. The zero-order valence-electron chi connectivity index (χ0n) is 10.7. The summed E-state index contributed by atoms with van der Waals surface area (Å²) in [6, 6.07) is 1.57. The molecule has 2 rings (SSSR count). The maximum Gasteiger partial charge on any atom is 0.246 e. The molecule has 18 heavy (non-hydrogen) atoms. The number of hydrogen-bond acceptors (Lipinski definition) is 4. The van der Waals surface area contributed by atoms with Crippen molar-refractivity contribution < 1.29 is 17.9 Å². The van der Waals surface area contributed by atoms with E-state index in [4.69, 9.17) is 9.52 Å². The Morgan fingerprint density at radius 1 is 1.50 bits per heavy atom. The third-order valence-electron chi connectivity index (χ3n) is 3.06. The molecule has 1 saturated carbocycles. The van der Waals surface area contributed by atoms with Crippen molar-refractivity contribution in [1.82, 2.24) is 4.31 Å². The van der Waals surface area contributed by atoms with E-state index >= 15 is 0 Å². The van der Waals surface area contributed by atoms with Gasteiger partial charge < -0.3 is 9.52 Å². The zero-order chi connectivity index (χ0) is 13.3. The summed E-state index contributed by atoms with van der Waals surface area (Å²) in [5.41, 5.74) is 0. The van der Waals surface area contributed by atoms with Crippen LogP contribution in [-0.2, 0) is 16.6 Å². The Morgan fingerprint density at radius 2 is 2.17 bits per heavy atom. The third-order valence-corrected chi connectivity index (χ3v) is 5.12. The number of rotatable bonds is 6. The van der Waals surface area contributed by atoms with Crippen molar-refractivity contribution in [3.05, 3.63) is 17.6 Å². The van der Waals surface area contributed by atoms with Gasteiger partial charge in [0.1, 0.15) is 23.0 Å². The number of nitrogens with zero attached hydrogens (tertiary/aromatic N) is 1. The molecule has 1 heterocycles. The Bertz CT molecular complexity index is 516. The zero-order valence-corrected chi connectivity index (χ0v) is 11.5. The normalized spacial score (nSPS) is 16.4. The highest BCUT2D eigenvalue weighted by atomic mass is 32.2. The summed E-state index contributed by atoms with van der Waals surface area (Å²) in [7, 11) is -3.49. The van der Waals surface area contributed by atoms with Crippen LogP contribution in [0.25, 0.3) is 0 Å². The lowest BCUT2D eigenvalue weighted by Gasteiger charge is -2.20. The quantitative estimate of drug-likeness (QED) is 0.855. The number of furan rings is 1. The molecular formula is C12H19NO4S. The van der Waals surface area contributed by atoms with Crippen LogP contribution >= 0.6 is 0 Å². The Kier molecular flexibility index (Phi) is 3.79. The molecule has 0 radical (unpaired) electrons. The number of sulfonamides is 1. The van der Waals surface area contributed by atoms with Crippen LogP contribution in [0.3, 0.4) is 0 Å². The molecule has 1 aromatic heterocycles. The summed E-state index contributed by atoms with van der Waals surface area (Å²) < 4.78 is 31.9. The van der Waals surface area contributed by atoms with Crippen molar-refractivity contribution in [3.63, 3.8) is 0 Å². The Labute approximate surface area is 107 Å². The van der Waals surface area contributed by atoms with Crippen molar-refractivity contribution in [1.29, 1.82) is 0 Å².